The van der Waals surface area contributed by atoms with E-state index < -0.39 is 0 Å². The van der Waals surface area contributed by atoms with Gasteiger partial charge in [0.05, 0.1) is 5.69 Å². The highest BCUT2D eigenvalue weighted by Gasteiger charge is 2.28. The van der Waals surface area contributed by atoms with E-state index in [2.05, 4.69) is 39.6 Å². The Morgan fingerprint density at radius 1 is 1.24 bits per heavy atom. The van der Waals surface area contributed by atoms with Crippen LogP contribution in [0.15, 0.2) is 0 Å². The maximum atomic E-state index is 5.93. The zero-order chi connectivity index (χ0) is 15.6. The molecule has 21 heavy (non-hydrogen) atoms. The fraction of sp³-hybridized carbons (Fsp3) is 0.824. The number of aromatic nitrogens is 1. The third kappa shape index (κ3) is 3.78. The van der Waals surface area contributed by atoms with E-state index in [4.69, 9.17) is 10.7 Å². The molecule has 0 spiro atoms. The van der Waals surface area contributed by atoms with Crippen molar-refractivity contribution in [3.05, 3.63) is 10.6 Å². The highest BCUT2D eigenvalue weighted by atomic mass is 32.1. The number of hydrogen-bond acceptors (Lipinski definition) is 4. The molecule has 0 unspecified atom stereocenters. The molecule has 120 valence electrons. The van der Waals surface area contributed by atoms with Gasteiger partial charge in [-0.15, -0.1) is 11.3 Å². The molecule has 1 aliphatic rings. The summed E-state index contributed by atoms with van der Waals surface area (Å²) in [6.07, 6.45) is 6.67. The summed E-state index contributed by atoms with van der Waals surface area (Å²) in [4.78, 5) is 8.58. The molecule has 0 atom stereocenters. The number of rotatable bonds is 4. The monoisotopic (exact) mass is 309 g/mol. The maximum absolute atomic E-state index is 5.93. The molecule has 0 bridgehead atoms. The van der Waals surface area contributed by atoms with E-state index in [9.17, 15) is 0 Å². The van der Waals surface area contributed by atoms with Crippen molar-refractivity contribution in [2.45, 2.75) is 77.8 Å². The predicted octanol–water partition coefficient (Wildman–Crippen LogP) is 4.30. The summed E-state index contributed by atoms with van der Waals surface area (Å²) in [7, 11) is 2.21. The zero-order valence-electron chi connectivity index (χ0n) is 14.3. The Bertz CT molecular complexity index is 453. The molecule has 3 nitrogen and oxygen atoms in total. The first-order valence-electron chi connectivity index (χ1n) is 8.29. The maximum Gasteiger partial charge on any atom is 0.185 e. The van der Waals surface area contributed by atoms with Gasteiger partial charge in [-0.1, -0.05) is 34.1 Å². The molecule has 2 rings (SSSR count). The van der Waals surface area contributed by atoms with E-state index in [-0.39, 0.29) is 5.41 Å². The number of nitrogens with two attached hydrogens (primary N) is 1. The summed E-state index contributed by atoms with van der Waals surface area (Å²) >= 11 is 1.78. The highest BCUT2D eigenvalue weighted by molar-refractivity contribution is 7.15. The predicted molar refractivity (Wildman–Crippen MR) is 93.1 cm³/mol. The molecule has 2 N–H and O–H groups in total. The molecule has 0 aromatic carbocycles. The topological polar surface area (TPSA) is 42.2 Å². The third-order valence-electron chi connectivity index (χ3n) is 4.82. The Morgan fingerprint density at radius 3 is 2.29 bits per heavy atom. The summed E-state index contributed by atoms with van der Waals surface area (Å²) in [6.45, 7) is 9.58. The van der Waals surface area contributed by atoms with E-state index in [1.54, 1.807) is 11.3 Å². The summed E-state index contributed by atoms with van der Waals surface area (Å²) in [5.41, 5.74) is 7.18. The van der Waals surface area contributed by atoms with Crippen LogP contribution in [0.1, 0.15) is 70.4 Å². The minimum Gasteiger partial charge on any atom is -0.348 e. The first kappa shape index (κ1) is 16.8. The van der Waals surface area contributed by atoms with Gasteiger partial charge in [-0.25, -0.2) is 4.98 Å². The molecule has 1 aromatic heterocycles. The van der Waals surface area contributed by atoms with E-state index >= 15 is 0 Å². The SMILES string of the molecule is CCC1CCC(N(C)c2nc(C(C)(C)C)c(CN)s2)CC1. The van der Waals surface area contributed by atoms with E-state index in [1.165, 1.54) is 42.7 Å². The largest absolute Gasteiger partial charge is 0.348 e. The zero-order valence-corrected chi connectivity index (χ0v) is 15.1. The van der Waals surface area contributed by atoms with Crippen molar-refractivity contribution < 1.29 is 0 Å². The summed E-state index contributed by atoms with van der Waals surface area (Å²) < 4.78 is 0. The second-order valence-electron chi connectivity index (χ2n) is 7.42. The molecule has 1 aromatic rings. The van der Waals surface area contributed by atoms with Crippen molar-refractivity contribution in [1.82, 2.24) is 4.98 Å². The number of thiazole rings is 1. The lowest BCUT2D eigenvalue weighted by Crippen LogP contribution is -2.35. The lowest BCUT2D eigenvalue weighted by molar-refractivity contribution is 0.313. The lowest BCUT2D eigenvalue weighted by atomic mass is 9.84. The van der Waals surface area contributed by atoms with Crippen LogP contribution in [-0.4, -0.2) is 18.1 Å². The van der Waals surface area contributed by atoms with Crippen molar-refractivity contribution in [1.29, 1.82) is 0 Å². The molecule has 1 saturated carbocycles. The molecule has 4 heteroatoms. The van der Waals surface area contributed by atoms with Gasteiger partial charge in [-0.2, -0.15) is 0 Å². The van der Waals surface area contributed by atoms with Crippen LogP contribution < -0.4 is 10.6 Å². The van der Waals surface area contributed by atoms with Gasteiger partial charge >= 0.3 is 0 Å². The van der Waals surface area contributed by atoms with Gasteiger partial charge in [0.2, 0.25) is 0 Å². The van der Waals surface area contributed by atoms with Crippen molar-refractivity contribution in [2.24, 2.45) is 11.7 Å². The van der Waals surface area contributed by atoms with Gasteiger partial charge in [0.15, 0.2) is 5.13 Å². The number of nitrogens with zero attached hydrogens (tertiary/aromatic N) is 2. The summed E-state index contributed by atoms with van der Waals surface area (Å²) in [5.74, 6) is 0.940. The van der Waals surface area contributed by atoms with E-state index in [1.807, 2.05) is 0 Å². The summed E-state index contributed by atoms with van der Waals surface area (Å²) in [6, 6.07) is 0.650. The van der Waals surface area contributed by atoms with Crippen molar-refractivity contribution >= 4 is 16.5 Å². The van der Waals surface area contributed by atoms with Crippen LogP contribution in [0.5, 0.6) is 0 Å². The number of anilines is 1. The molecule has 0 aliphatic heterocycles. The average molecular weight is 310 g/mol. The van der Waals surface area contributed by atoms with Crippen molar-refractivity contribution in [3.63, 3.8) is 0 Å². The Morgan fingerprint density at radius 2 is 1.86 bits per heavy atom. The van der Waals surface area contributed by atoms with Crippen LogP contribution in [0, 0.1) is 5.92 Å². The van der Waals surface area contributed by atoms with Gasteiger partial charge in [0.25, 0.3) is 0 Å². The molecule has 1 aliphatic carbocycles. The Hall–Kier alpha value is -0.610. The quantitative estimate of drug-likeness (QED) is 0.901. The minimum absolute atomic E-state index is 0.0736. The molecule has 0 radical (unpaired) electrons. The van der Waals surface area contributed by atoms with Crippen LogP contribution >= 0.6 is 11.3 Å². The van der Waals surface area contributed by atoms with E-state index in [0.29, 0.717) is 12.6 Å². The smallest absolute Gasteiger partial charge is 0.185 e. The Balaban J connectivity index is 2.13. The average Bonchev–Trinajstić information content (AvgIpc) is 2.91. The molecule has 1 fully saturated rings. The van der Waals surface area contributed by atoms with Crippen LogP contribution in [0.25, 0.3) is 0 Å². The second-order valence-corrected chi connectivity index (χ2v) is 8.48. The van der Waals surface area contributed by atoms with Crippen LogP contribution in [0.4, 0.5) is 5.13 Å². The fourth-order valence-electron chi connectivity index (χ4n) is 3.31. The Kier molecular flexibility index (Phi) is 5.31. The van der Waals surface area contributed by atoms with Gasteiger partial charge in [-0.3, -0.25) is 0 Å². The highest BCUT2D eigenvalue weighted by Crippen LogP contribution is 2.36. The first-order chi connectivity index (χ1) is 9.86. The van der Waals surface area contributed by atoms with Gasteiger partial charge < -0.3 is 10.6 Å². The van der Waals surface area contributed by atoms with Crippen LogP contribution in [0.2, 0.25) is 0 Å². The lowest BCUT2D eigenvalue weighted by Gasteiger charge is -2.34. The molecule has 0 amide bonds. The first-order valence-corrected chi connectivity index (χ1v) is 9.11. The summed E-state index contributed by atoms with van der Waals surface area (Å²) in [5, 5.41) is 1.15. The fourth-order valence-corrected chi connectivity index (χ4v) is 4.49. The van der Waals surface area contributed by atoms with E-state index in [0.717, 1.165) is 11.0 Å². The molecule has 1 heterocycles. The van der Waals surface area contributed by atoms with Gasteiger partial charge in [0, 0.05) is 29.9 Å². The van der Waals surface area contributed by atoms with Gasteiger partial charge in [0.1, 0.15) is 0 Å². The third-order valence-corrected chi connectivity index (χ3v) is 5.99. The normalized spacial score (nSPS) is 23.3. The molecular weight excluding hydrogens is 278 g/mol. The molecule has 0 saturated heterocycles. The Labute approximate surface area is 133 Å². The molecular formula is C17H31N3S. The van der Waals surface area contributed by atoms with Crippen molar-refractivity contribution in [2.75, 3.05) is 11.9 Å². The van der Waals surface area contributed by atoms with Crippen molar-refractivity contribution in [3.8, 4) is 0 Å². The standard InChI is InChI=1S/C17H31N3S/c1-6-12-7-9-13(10-8-12)20(5)16-19-15(17(2,3)4)14(11-18)21-16/h12-13H,6-11,18H2,1-5H3. The minimum atomic E-state index is 0.0736. The second kappa shape index (κ2) is 6.66. The number of hydrogen-bond donors (Lipinski definition) is 1. The van der Waals surface area contributed by atoms with Gasteiger partial charge in [-0.05, 0) is 31.6 Å². The van der Waals surface area contributed by atoms with Crippen LogP contribution in [-0.2, 0) is 12.0 Å². The van der Waals surface area contributed by atoms with Crippen LogP contribution in [0.3, 0.4) is 0 Å².